The lowest BCUT2D eigenvalue weighted by Gasteiger charge is -2.11. The van der Waals surface area contributed by atoms with Crippen LogP contribution in [0.25, 0.3) is 76.9 Å². The molecule has 0 fully saturated rings. The predicted molar refractivity (Wildman–Crippen MR) is 166 cm³/mol. The van der Waals surface area contributed by atoms with Crippen molar-refractivity contribution in [1.82, 2.24) is 14.1 Å². The summed E-state index contributed by atoms with van der Waals surface area (Å²) in [6, 6.07) is 38.7. The van der Waals surface area contributed by atoms with Gasteiger partial charge in [0.2, 0.25) is 5.43 Å². The van der Waals surface area contributed by atoms with Gasteiger partial charge >= 0.3 is 0 Å². The zero-order chi connectivity index (χ0) is 27.1. The highest BCUT2D eigenvalue weighted by molar-refractivity contribution is 6.26. The Hall–Kier alpha value is -5.68. The van der Waals surface area contributed by atoms with E-state index in [2.05, 4.69) is 80.8 Å². The summed E-state index contributed by atoms with van der Waals surface area (Å²) in [4.78, 5) is 18.1. The number of para-hydroxylation sites is 3. The topological polar surface area (TPSA) is 53.0 Å². The van der Waals surface area contributed by atoms with Crippen molar-refractivity contribution in [3.63, 3.8) is 0 Å². The standard InChI is InChI=1S/C36H21N3O2/c40-36-27-11-5-7-13-32(27)41-33-17-14-23(20-28(33)36)39-29-12-6-4-10-24(29)25-15-16-30-34(35(25)39)26-18-19-37-21-31(26)38(30)22-8-2-1-3-9-22/h1-21H. The van der Waals surface area contributed by atoms with Crippen molar-refractivity contribution in [3.8, 4) is 11.4 Å². The minimum atomic E-state index is -0.0265. The van der Waals surface area contributed by atoms with Gasteiger partial charge in [-0.1, -0.05) is 54.6 Å². The maximum Gasteiger partial charge on any atom is 0.200 e. The highest BCUT2D eigenvalue weighted by Gasteiger charge is 2.21. The fourth-order valence-electron chi connectivity index (χ4n) is 6.46. The van der Waals surface area contributed by atoms with Gasteiger partial charge in [-0.2, -0.15) is 0 Å². The van der Waals surface area contributed by atoms with E-state index in [1.807, 2.05) is 60.9 Å². The molecule has 0 unspecified atom stereocenters. The van der Waals surface area contributed by atoms with Crippen LogP contribution >= 0.6 is 0 Å². The molecule has 0 saturated heterocycles. The fourth-order valence-corrected chi connectivity index (χ4v) is 6.46. The van der Waals surface area contributed by atoms with Crippen LogP contribution in [0.1, 0.15) is 0 Å². The molecular formula is C36H21N3O2. The smallest absolute Gasteiger partial charge is 0.200 e. The molecule has 9 aromatic rings. The van der Waals surface area contributed by atoms with Crippen molar-refractivity contribution >= 4 is 65.6 Å². The Labute approximate surface area is 233 Å². The van der Waals surface area contributed by atoms with Gasteiger partial charge in [0.15, 0.2) is 0 Å². The van der Waals surface area contributed by atoms with Gasteiger partial charge in [0.05, 0.1) is 39.0 Å². The Morgan fingerprint density at radius 1 is 0.537 bits per heavy atom. The first kappa shape index (κ1) is 22.2. The number of aromatic nitrogens is 3. The molecule has 5 nitrogen and oxygen atoms in total. The lowest BCUT2D eigenvalue weighted by atomic mass is 10.1. The van der Waals surface area contributed by atoms with Gasteiger partial charge in [-0.3, -0.25) is 9.78 Å². The molecule has 41 heavy (non-hydrogen) atoms. The van der Waals surface area contributed by atoms with Gasteiger partial charge < -0.3 is 13.6 Å². The summed E-state index contributed by atoms with van der Waals surface area (Å²) in [6.07, 6.45) is 3.79. The highest BCUT2D eigenvalue weighted by Crippen LogP contribution is 2.41. The average Bonchev–Trinajstić information content (AvgIpc) is 3.54. The van der Waals surface area contributed by atoms with Crippen molar-refractivity contribution in [2.75, 3.05) is 0 Å². The second kappa shape index (κ2) is 8.16. The van der Waals surface area contributed by atoms with Gasteiger partial charge in [-0.25, -0.2) is 0 Å². The molecule has 0 aliphatic carbocycles. The van der Waals surface area contributed by atoms with Gasteiger partial charge in [0.1, 0.15) is 11.2 Å². The van der Waals surface area contributed by atoms with E-state index in [4.69, 9.17) is 4.42 Å². The van der Waals surface area contributed by atoms with Crippen molar-refractivity contribution < 1.29 is 4.42 Å². The zero-order valence-electron chi connectivity index (χ0n) is 21.8. The largest absolute Gasteiger partial charge is 0.456 e. The average molecular weight is 528 g/mol. The molecule has 0 aliphatic rings. The van der Waals surface area contributed by atoms with Crippen LogP contribution in [0.2, 0.25) is 0 Å². The summed E-state index contributed by atoms with van der Waals surface area (Å²) >= 11 is 0. The van der Waals surface area contributed by atoms with Crippen molar-refractivity contribution in [1.29, 1.82) is 0 Å². The van der Waals surface area contributed by atoms with E-state index in [1.54, 1.807) is 0 Å². The molecule has 5 heteroatoms. The van der Waals surface area contributed by atoms with E-state index in [0.717, 1.165) is 55.0 Å². The number of nitrogens with zero attached hydrogens (tertiary/aromatic N) is 3. The van der Waals surface area contributed by atoms with Crippen molar-refractivity contribution in [2.24, 2.45) is 0 Å². The molecule has 0 saturated carbocycles. The normalized spacial score (nSPS) is 12.0. The lowest BCUT2D eigenvalue weighted by Crippen LogP contribution is -2.03. The zero-order valence-corrected chi connectivity index (χ0v) is 21.8. The number of fused-ring (bicyclic) bond motifs is 9. The second-order valence-electron chi connectivity index (χ2n) is 10.4. The van der Waals surface area contributed by atoms with Crippen LogP contribution in [0.5, 0.6) is 0 Å². The molecule has 4 heterocycles. The summed E-state index contributed by atoms with van der Waals surface area (Å²) in [7, 11) is 0. The molecule has 9 rings (SSSR count). The van der Waals surface area contributed by atoms with Crippen LogP contribution < -0.4 is 5.43 Å². The summed E-state index contributed by atoms with van der Waals surface area (Å²) in [6.45, 7) is 0. The fraction of sp³-hybridized carbons (Fsp3) is 0. The molecule has 0 aliphatic heterocycles. The molecular weight excluding hydrogens is 506 g/mol. The van der Waals surface area contributed by atoms with Gasteiger partial charge in [-0.15, -0.1) is 0 Å². The highest BCUT2D eigenvalue weighted by atomic mass is 16.3. The van der Waals surface area contributed by atoms with Gasteiger partial charge in [0.25, 0.3) is 0 Å². The van der Waals surface area contributed by atoms with Crippen LogP contribution in [-0.2, 0) is 0 Å². The maximum absolute atomic E-state index is 13.6. The molecule has 0 radical (unpaired) electrons. The number of benzene rings is 5. The van der Waals surface area contributed by atoms with Crippen LogP contribution in [0.3, 0.4) is 0 Å². The van der Waals surface area contributed by atoms with Gasteiger partial charge in [0, 0.05) is 39.1 Å². The SMILES string of the molecule is O=c1c2ccccc2oc2ccc(-n3c4ccccc4c4ccc5c(c6ccncc6n5-c5ccccc5)c43)cc12. The molecule has 4 aromatic heterocycles. The lowest BCUT2D eigenvalue weighted by molar-refractivity contribution is 0.660. The maximum atomic E-state index is 13.6. The Bertz CT molecular complexity index is 2550. The molecule has 5 aromatic carbocycles. The van der Waals surface area contributed by atoms with E-state index in [0.29, 0.717) is 21.9 Å². The first-order valence-corrected chi connectivity index (χ1v) is 13.6. The minimum absolute atomic E-state index is 0.0265. The molecule has 0 N–H and O–H groups in total. The van der Waals surface area contributed by atoms with Crippen LogP contribution in [0.15, 0.2) is 137 Å². The quantitative estimate of drug-likeness (QED) is 0.212. The van der Waals surface area contributed by atoms with Crippen LogP contribution in [0.4, 0.5) is 0 Å². The number of rotatable bonds is 2. The summed E-state index contributed by atoms with van der Waals surface area (Å²) in [5.41, 5.74) is 7.46. The van der Waals surface area contributed by atoms with E-state index >= 15 is 0 Å². The van der Waals surface area contributed by atoms with Crippen molar-refractivity contribution in [3.05, 3.63) is 138 Å². The number of pyridine rings is 1. The second-order valence-corrected chi connectivity index (χ2v) is 10.4. The Morgan fingerprint density at radius 2 is 1.32 bits per heavy atom. The van der Waals surface area contributed by atoms with E-state index in [1.165, 1.54) is 0 Å². The van der Waals surface area contributed by atoms with E-state index < -0.39 is 0 Å². The van der Waals surface area contributed by atoms with Crippen LogP contribution in [-0.4, -0.2) is 14.1 Å². The van der Waals surface area contributed by atoms with Crippen molar-refractivity contribution in [2.45, 2.75) is 0 Å². The third-order valence-corrected chi connectivity index (χ3v) is 8.20. The molecule has 0 spiro atoms. The summed E-state index contributed by atoms with van der Waals surface area (Å²) < 4.78 is 10.7. The Morgan fingerprint density at radius 3 is 2.22 bits per heavy atom. The Kier molecular flexibility index (Phi) is 4.41. The molecule has 0 atom stereocenters. The number of hydrogen-bond acceptors (Lipinski definition) is 3. The summed E-state index contributed by atoms with van der Waals surface area (Å²) in [5.74, 6) is 0. The minimum Gasteiger partial charge on any atom is -0.456 e. The molecule has 0 amide bonds. The number of hydrogen-bond donors (Lipinski definition) is 0. The molecule has 0 bridgehead atoms. The van der Waals surface area contributed by atoms with E-state index in [9.17, 15) is 4.79 Å². The Balaban J connectivity index is 1.47. The predicted octanol–water partition coefficient (Wildman–Crippen LogP) is 8.54. The molecule has 192 valence electrons. The first-order valence-electron chi connectivity index (χ1n) is 13.6. The third kappa shape index (κ3) is 3.00. The van der Waals surface area contributed by atoms with Gasteiger partial charge in [-0.05, 0) is 60.7 Å². The van der Waals surface area contributed by atoms with Crippen LogP contribution in [0, 0.1) is 0 Å². The van der Waals surface area contributed by atoms with E-state index in [-0.39, 0.29) is 5.43 Å². The summed E-state index contributed by atoms with van der Waals surface area (Å²) in [5, 5.41) is 5.73. The first-order chi connectivity index (χ1) is 20.3. The third-order valence-electron chi connectivity index (χ3n) is 8.20. The monoisotopic (exact) mass is 527 g/mol.